The van der Waals surface area contributed by atoms with Crippen LogP contribution in [-0.2, 0) is 0 Å². The van der Waals surface area contributed by atoms with Crippen molar-refractivity contribution in [3.63, 3.8) is 0 Å². The fraction of sp³-hybridized carbons (Fsp3) is 0.941. The number of carbonyl (C=O) groups excluding carboxylic acids is 1. The highest BCUT2D eigenvalue weighted by Crippen LogP contribution is 2.47. The number of nitrogens with zero attached hydrogens (tertiary/aromatic N) is 1. The van der Waals surface area contributed by atoms with Crippen LogP contribution >= 0.6 is 0 Å². The van der Waals surface area contributed by atoms with Gasteiger partial charge in [0.15, 0.2) is 0 Å². The number of hydrogen-bond donors (Lipinski definition) is 2. The van der Waals surface area contributed by atoms with Crippen LogP contribution in [-0.4, -0.2) is 40.8 Å². The first-order chi connectivity index (χ1) is 10.2. The SMILES string of the molecule is O=C(NC1CCC(O)CC1)N1CC2CC3CC(C2)CC1C3. The summed E-state index contributed by atoms with van der Waals surface area (Å²) in [7, 11) is 0. The van der Waals surface area contributed by atoms with Crippen LogP contribution in [0.1, 0.15) is 57.8 Å². The normalized spacial score (nSPS) is 45.5. The van der Waals surface area contributed by atoms with E-state index in [9.17, 15) is 9.90 Å². The summed E-state index contributed by atoms with van der Waals surface area (Å²) >= 11 is 0. The number of urea groups is 1. The summed E-state index contributed by atoms with van der Waals surface area (Å²) in [5.41, 5.74) is 0. The van der Waals surface area contributed by atoms with E-state index in [0.29, 0.717) is 6.04 Å². The van der Waals surface area contributed by atoms with E-state index in [0.717, 1.165) is 50.0 Å². The van der Waals surface area contributed by atoms with Crippen LogP contribution in [0.3, 0.4) is 0 Å². The Labute approximate surface area is 127 Å². The van der Waals surface area contributed by atoms with Crippen molar-refractivity contribution >= 4 is 6.03 Å². The molecule has 118 valence electrons. The van der Waals surface area contributed by atoms with Gasteiger partial charge in [0.05, 0.1) is 6.10 Å². The number of carbonyl (C=O) groups is 1. The quantitative estimate of drug-likeness (QED) is 0.780. The topological polar surface area (TPSA) is 52.6 Å². The van der Waals surface area contributed by atoms with Crippen LogP contribution in [0.5, 0.6) is 0 Å². The Morgan fingerprint density at radius 3 is 2.19 bits per heavy atom. The van der Waals surface area contributed by atoms with E-state index < -0.39 is 0 Å². The predicted molar refractivity (Wildman–Crippen MR) is 80.8 cm³/mol. The highest BCUT2D eigenvalue weighted by Gasteiger charge is 2.44. The number of aliphatic hydroxyl groups is 1. The molecule has 0 aromatic rings. The molecular weight excluding hydrogens is 264 g/mol. The van der Waals surface area contributed by atoms with Crippen molar-refractivity contribution in [3.05, 3.63) is 0 Å². The first-order valence-corrected chi connectivity index (χ1v) is 8.92. The van der Waals surface area contributed by atoms with Gasteiger partial charge in [-0.3, -0.25) is 0 Å². The summed E-state index contributed by atoms with van der Waals surface area (Å²) < 4.78 is 0. The van der Waals surface area contributed by atoms with Gasteiger partial charge in [-0.25, -0.2) is 4.79 Å². The Hall–Kier alpha value is -0.770. The summed E-state index contributed by atoms with van der Waals surface area (Å²) in [5.74, 6) is 2.52. The van der Waals surface area contributed by atoms with Crippen LogP contribution in [0.15, 0.2) is 0 Å². The van der Waals surface area contributed by atoms with Gasteiger partial charge in [-0.2, -0.15) is 0 Å². The first kappa shape index (κ1) is 13.9. The zero-order valence-corrected chi connectivity index (χ0v) is 12.8. The molecule has 5 aliphatic rings. The fourth-order valence-electron chi connectivity index (χ4n) is 5.51. The van der Waals surface area contributed by atoms with Gasteiger partial charge in [-0.05, 0) is 75.5 Å². The van der Waals surface area contributed by atoms with Crippen molar-refractivity contribution in [2.24, 2.45) is 17.8 Å². The lowest BCUT2D eigenvalue weighted by atomic mass is 9.68. The van der Waals surface area contributed by atoms with Crippen molar-refractivity contribution in [2.75, 3.05) is 6.54 Å². The van der Waals surface area contributed by atoms with Gasteiger partial charge in [-0.15, -0.1) is 0 Å². The lowest BCUT2D eigenvalue weighted by Gasteiger charge is -2.39. The number of aliphatic hydroxyl groups excluding tert-OH is 1. The van der Waals surface area contributed by atoms with Gasteiger partial charge in [0, 0.05) is 18.6 Å². The van der Waals surface area contributed by atoms with E-state index in [4.69, 9.17) is 0 Å². The van der Waals surface area contributed by atoms with Gasteiger partial charge < -0.3 is 15.3 Å². The molecule has 4 heteroatoms. The van der Waals surface area contributed by atoms with Crippen LogP contribution in [0.25, 0.3) is 0 Å². The molecular formula is C17H28N2O2. The molecule has 5 rings (SSSR count). The van der Waals surface area contributed by atoms with Crippen LogP contribution < -0.4 is 5.32 Å². The summed E-state index contributed by atoms with van der Waals surface area (Å²) in [6, 6.07) is 0.948. The van der Waals surface area contributed by atoms with E-state index in [2.05, 4.69) is 10.2 Å². The van der Waals surface area contributed by atoms with E-state index in [1.165, 1.54) is 32.1 Å². The number of fused-ring (bicyclic) bond motifs is 1. The van der Waals surface area contributed by atoms with Crippen LogP contribution in [0.2, 0.25) is 0 Å². The maximum atomic E-state index is 12.7. The standard InChI is InChI=1S/C17H28N2O2/c20-16-3-1-14(2-4-16)18-17(21)19-10-13-6-11-5-12(7-13)9-15(19)8-11/h11-16,20H,1-10H2,(H,18,21). The molecule has 2 aliphatic heterocycles. The lowest BCUT2D eigenvalue weighted by Crippen LogP contribution is -2.51. The zero-order valence-electron chi connectivity index (χ0n) is 12.8. The van der Waals surface area contributed by atoms with Crippen LogP contribution in [0.4, 0.5) is 4.79 Å². The molecule has 0 aromatic carbocycles. The molecule has 4 nitrogen and oxygen atoms in total. The Morgan fingerprint density at radius 2 is 1.52 bits per heavy atom. The number of nitrogens with one attached hydrogen (secondary N) is 1. The fourth-order valence-corrected chi connectivity index (χ4v) is 5.51. The molecule has 3 aliphatic carbocycles. The second kappa shape index (κ2) is 5.45. The van der Waals surface area contributed by atoms with Gasteiger partial charge in [0.25, 0.3) is 0 Å². The van der Waals surface area contributed by atoms with Gasteiger partial charge >= 0.3 is 6.03 Å². The monoisotopic (exact) mass is 292 g/mol. The Kier molecular flexibility index (Phi) is 3.60. The summed E-state index contributed by atoms with van der Waals surface area (Å²) in [5, 5.41) is 12.8. The molecule has 4 bridgehead atoms. The molecule has 2 atom stereocenters. The maximum absolute atomic E-state index is 12.7. The molecule has 2 heterocycles. The van der Waals surface area contributed by atoms with Gasteiger partial charge in [0.2, 0.25) is 0 Å². The first-order valence-electron chi connectivity index (χ1n) is 8.92. The Bertz CT molecular complexity index is 392. The maximum Gasteiger partial charge on any atom is 0.317 e. The second-order valence-corrected chi connectivity index (χ2v) is 8.04. The zero-order chi connectivity index (χ0) is 14.4. The molecule has 2 unspecified atom stereocenters. The van der Waals surface area contributed by atoms with Crippen molar-refractivity contribution < 1.29 is 9.90 Å². The third-order valence-electron chi connectivity index (χ3n) is 6.39. The second-order valence-electron chi connectivity index (χ2n) is 8.04. The van der Waals surface area contributed by atoms with Gasteiger partial charge in [0.1, 0.15) is 0 Å². The number of amides is 2. The van der Waals surface area contributed by atoms with Crippen molar-refractivity contribution in [2.45, 2.75) is 76.0 Å². The lowest BCUT2D eigenvalue weighted by molar-refractivity contribution is 0.109. The van der Waals surface area contributed by atoms with Crippen LogP contribution in [0, 0.1) is 17.8 Å². The molecule has 0 radical (unpaired) electrons. The molecule has 5 fully saturated rings. The molecule has 0 spiro atoms. The Balaban J connectivity index is 1.40. The third kappa shape index (κ3) is 2.79. The molecule has 2 saturated heterocycles. The minimum atomic E-state index is -0.150. The minimum Gasteiger partial charge on any atom is -0.393 e. The summed E-state index contributed by atoms with van der Waals surface area (Å²) in [6.45, 7) is 0.985. The molecule has 3 saturated carbocycles. The van der Waals surface area contributed by atoms with Crippen molar-refractivity contribution in [1.29, 1.82) is 0 Å². The summed E-state index contributed by atoms with van der Waals surface area (Å²) in [6.07, 6.45) is 9.99. The molecule has 0 aromatic heterocycles. The van der Waals surface area contributed by atoms with Gasteiger partial charge in [-0.1, -0.05) is 0 Å². The highest BCUT2D eigenvalue weighted by molar-refractivity contribution is 5.75. The third-order valence-corrected chi connectivity index (χ3v) is 6.39. The predicted octanol–water partition coefficient (Wildman–Crippen LogP) is 2.51. The van der Waals surface area contributed by atoms with E-state index in [1.54, 1.807) is 0 Å². The number of hydrogen-bond acceptors (Lipinski definition) is 2. The average molecular weight is 292 g/mol. The van der Waals surface area contributed by atoms with E-state index in [1.807, 2.05) is 0 Å². The number of rotatable bonds is 1. The smallest absolute Gasteiger partial charge is 0.317 e. The summed E-state index contributed by atoms with van der Waals surface area (Å²) in [4.78, 5) is 14.9. The average Bonchev–Trinajstić information content (AvgIpc) is 2.65. The van der Waals surface area contributed by atoms with Crippen molar-refractivity contribution in [3.8, 4) is 0 Å². The largest absolute Gasteiger partial charge is 0.393 e. The van der Waals surface area contributed by atoms with Crippen molar-refractivity contribution in [1.82, 2.24) is 10.2 Å². The van der Waals surface area contributed by atoms with E-state index >= 15 is 0 Å². The minimum absolute atomic E-state index is 0.150. The molecule has 2 N–H and O–H groups in total. The highest BCUT2D eigenvalue weighted by atomic mass is 16.3. The molecule has 2 amide bonds. The Morgan fingerprint density at radius 1 is 0.905 bits per heavy atom. The van der Waals surface area contributed by atoms with E-state index in [-0.39, 0.29) is 18.2 Å². The molecule has 21 heavy (non-hydrogen) atoms.